The Morgan fingerprint density at radius 3 is 2.69 bits per heavy atom. The molecule has 13 heavy (non-hydrogen) atoms. The average molecular weight is 193 g/mol. The highest BCUT2D eigenvalue weighted by atomic mass is 35.5. The van der Waals surface area contributed by atoms with Crippen molar-refractivity contribution in [2.75, 3.05) is 6.54 Å². The summed E-state index contributed by atoms with van der Waals surface area (Å²) in [5.41, 5.74) is 2.12. The minimum absolute atomic E-state index is 0.655. The van der Waals surface area contributed by atoms with Gasteiger partial charge in [-0.25, -0.2) is 0 Å². The number of halogens is 1. The molecule has 1 heterocycles. The van der Waals surface area contributed by atoms with E-state index < -0.39 is 0 Å². The molecule has 0 spiro atoms. The molecule has 0 N–H and O–H groups in total. The van der Waals surface area contributed by atoms with E-state index in [0.29, 0.717) is 6.54 Å². The molecule has 0 saturated carbocycles. The van der Waals surface area contributed by atoms with E-state index in [1.54, 1.807) is 16.8 Å². The standard InChI is InChI=1S/C10H9ClN2/c11-13-7-6-12-10(8-13)9-4-2-1-3-5-9/h1-7H,8H2. The SMILES string of the molecule is ClN1C=CN=C(c2ccccc2)C1. The Kier molecular flexibility index (Phi) is 2.32. The molecule has 2 nitrogen and oxygen atoms in total. The second-order valence-corrected chi connectivity index (χ2v) is 3.23. The molecule has 66 valence electrons. The third kappa shape index (κ3) is 1.90. The van der Waals surface area contributed by atoms with E-state index in [2.05, 4.69) is 4.99 Å². The van der Waals surface area contributed by atoms with Crippen molar-refractivity contribution in [3.8, 4) is 0 Å². The molecule has 0 bridgehead atoms. The quantitative estimate of drug-likeness (QED) is 0.624. The Hall–Kier alpha value is -1.28. The number of hydrogen-bond acceptors (Lipinski definition) is 2. The normalized spacial score (nSPS) is 15.8. The molecule has 2 rings (SSSR count). The van der Waals surface area contributed by atoms with Crippen LogP contribution in [0.4, 0.5) is 0 Å². The molecule has 0 unspecified atom stereocenters. The van der Waals surface area contributed by atoms with Crippen molar-refractivity contribution < 1.29 is 0 Å². The molecule has 3 heteroatoms. The number of rotatable bonds is 1. The van der Waals surface area contributed by atoms with Crippen molar-refractivity contribution in [3.05, 3.63) is 48.3 Å². The maximum atomic E-state index is 5.83. The van der Waals surface area contributed by atoms with Gasteiger partial charge in [-0.2, -0.15) is 0 Å². The van der Waals surface area contributed by atoms with Gasteiger partial charge in [0.1, 0.15) is 0 Å². The molecule has 0 fully saturated rings. The fourth-order valence-electron chi connectivity index (χ4n) is 1.23. The van der Waals surface area contributed by atoms with Crippen LogP contribution in [0.3, 0.4) is 0 Å². The number of nitrogens with zero attached hydrogens (tertiary/aromatic N) is 2. The Labute approximate surface area is 82.3 Å². The van der Waals surface area contributed by atoms with E-state index in [-0.39, 0.29) is 0 Å². The fraction of sp³-hybridized carbons (Fsp3) is 0.100. The van der Waals surface area contributed by atoms with Crippen molar-refractivity contribution in [2.24, 2.45) is 4.99 Å². The zero-order valence-corrected chi connectivity index (χ0v) is 7.78. The van der Waals surface area contributed by atoms with Gasteiger partial charge in [0.2, 0.25) is 0 Å². The lowest BCUT2D eigenvalue weighted by molar-refractivity contribution is 0.686. The maximum absolute atomic E-state index is 5.83. The first-order valence-corrected chi connectivity index (χ1v) is 4.41. The molecular weight excluding hydrogens is 184 g/mol. The van der Waals surface area contributed by atoms with Gasteiger partial charge in [-0.3, -0.25) is 9.41 Å². The van der Waals surface area contributed by atoms with Gasteiger partial charge in [0, 0.05) is 24.2 Å². The molecule has 0 atom stereocenters. The van der Waals surface area contributed by atoms with Crippen LogP contribution in [0, 0.1) is 0 Å². The molecule has 0 aliphatic carbocycles. The van der Waals surface area contributed by atoms with Crippen LogP contribution in [-0.4, -0.2) is 16.7 Å². The number of benzene rings is 1. The predicted octanol–water partition coefficient (Wildman–Crippen LogP) is 2.42. The molecule has 0 radical (unpaired) electrons. The molecule has 1 aliphatic heterocycles. The minimum atomic E-state index is 0.655. The van der Waals surface area contributed by atoms with Gasteiger partial charge >= 0.3 is 0 Å². The van der Waals surface area contributed by atoms with E-state index in [1.807, 2.05) is 30.3 Å². The summed E-state index contributed by atoms with van der Waals surface area (Å²) >= 11 is 5.83. The van der Waals surface area contributed by atoms with Crippen molar-refractivity contribution in [1.29, 1.82) is 0 Å². The Bertz CT molecular complexity index is 343. The van der Waals surface area contributed by atoms with Crippen LogP contribution in [0.15, 0.2) is 47.7 Å². The summed E-state index contributed by atoms with van der Waals surface area (Å²) in [6.07, 6.45) is 3.45. The van der Waals surface area contributed by atoms with Gasteiger partial charge in [-0.15, -0.1) is 0 Å². The molecule has 0 saturated heterocycles. The first kappa shape index (κ1) is 8.32. The van der Waals surface area contributed by atoms with Gasteiger partial charge in [-0.05, 0) is 5.56 Å². The Morgan fingerprint density at radius 2 is 2.00 bits per heavy atom. The van der Waals surface area contributed by atoms with Crippen molar-refractivity contribution in [3.63, 3.8) is 0 Å². The van der Waals surface area contributed by atoms with Gasteiger partial charge in [0.15, 0.2) is 0 Å². The Morgan fingerprint density at radius 1 is 1.23 bits per heavy atom. The second kappa shape index (κ2) is 3.62. The topological polar surface area (TPSA) is 15.6 Å². The van der Waals surface area contributed by atoms with Crippen LogP contribution in [0.1, 0.15) is 5.56 Å². The van der Waals surface area contributed by atoms with Gasteiger partial charge in [0.25, 0.3) is 0 Å². The van der Waals surface area contributed by atoms with Crippen LogP contribution in [0.25, 0.3) is 0 Å². The van der Waals surface area contributed by atoms with Crippen LogP contribution >= 0.6 is 11.8 Å². The first-order chi connectivity index (χ1) is 6.36. The van der Waals surface area contributed by atoms with E-state index >= 15 is 0 Å². The molecule has 0 amide bonds. The molecule has 1 aromatic carbocycles. The molecule has 1 aliphatic rings. The molecule has 1 aromatic rings. The second-order valence-electron chi connectivity index (χ2n) is 2.80. The third-order valence-electron chi connectivity index (χ3n) is 1.87. The van der Waals surface area contributed by atoms with E-state index in [1.165, 1.54) is 0 Å². The van der Waals surface area contributed by atoms with Crippen molar-refractivity contribution in [2.45, 2.75) is 0 Å². The minimum Gasteiger partial charge on any atom is -0.285 e. The van der Waals surface area contributed by atoms with E-state index in [9.17, 15) is 0 Å². The number of hydrogen-bond donors (Lipinski definition) is 0. The lowest BCUT2D eigenvalue weighted by Gasteiger charge is -2.15. The van der Waals surface area contributed by atoms with Crippen LogP contribution in [0.2, 0.25) is 0 Å². The summed E-state index contributed by atoms with van der Waals surface area (Å²) in [4.78, 5) is 4.26. The van der Waals surface area contributed by atoms with Crippen molar-refractivity contribution >= 4 is 17.5 Å². The first-order valence-electron chi connectivity index (χ1n) is 4.07. The summed E-state index contributed by atoms with van der Waals surface area (Å²) in [6.45, 7) is 0.655. The van der Waals surface area contributed by atoms with Crippen LogP contribution < -0.4 is 0 Å². The van der Waals surface area contributed by atoms with Crippen LogP contribution in [-0.2, 0) is 0 Å². The summed E-state index contributed by atoms with van der Waals surface area (Å²) in [5.74, 6) is 0. The summed E-state index contributed by atoms with van der Waals surface area (Å²) in [5, 5.41) is 0. The lowest BCUT2D eigenvalue weighted by Crippen LogP contribution is -2.20. The predicted molar refractivity (Wildman–Crippen MR) is 54.7 cm³/mol. The smallest absolute Gasteiger partial charge is 0.0771 e. The van der Waals surface area contributed by atoms with Gasteiger partial charge in [0.05, 0.1) is 12.3 Å². The Balaban J connectivity index is 2.28. The summed E-state index contributed by atoms with van der Waals surface area (Å²) < 4.78 is 1.59. The van der Waals surface area contributed by atoms with E-state index in [4.69, 9.17) is 11.8 Å². The van der Waals surface area contributed by atoms with Crippen molar-refractivity contribution in [1.82, 2.24) is 4.42 Å². The zero-order chi connectivity index (χ0) is 9.10. The highest BCUT2D eigenvalue weighted by molar-refractivity contribution is 6.17. The molecule has 0 aromatic heterocycles. The highest BCUT2D eigenvalue weighted by Crippen LogP contribution is 2.09. The van der Waals surface area contributed by atoms with Crippen LogP contribution in [0.5, 0.6) is 0 Å². The summed E-state index contributed by atoms with van der Waals surface area (Å²) in [7, 11) is 0. The number of aliphatic imine (C=N–C) groups is 1. The summed E-state index contributed by atoms with van der Waals surface area (Å²) in [6, 6.07) is 10.0. The molecular formula is C10H9ClN2. The lowest BCUT2D eigenvalue weighted by atomic mass is 10.1. The maximum Gasteiger partial charge on any atom is 0.0771 e. The third-order valence-corrected chi connectivity index (χ3v) is 2.10. The fourth-order valence-corrected chi connectivity index (χ4v) is 1.39. The monoisotopic (exact) mass is 192 g/mol. The van der Waals surface area contributed by atoms with E-state index in [0.717, 1.165) is 11.3 Å². The van der Waals surface area contributed by atoms with Gasteiger partial charge < -0.3 is 0 Å². The zero-order valence-electron chi connectivity index (χ0n) is 7.02. The average Bonchev–Trinajstić information content (AvgIpc) is 2.19. The largest absolute Gasteiger partial charge is 0.285 e. The van der Waals surface area contributed by atoms with Gasteiger partial charge in [-0.1, -0.05) is 30.3 Å². The highest BCUT2D eigenvalue weighted by Gasteiger charge is 2.08.